The number of amides is 1. The summed E-state index contributed by atoms with van der Waals surface area (Å²) in [4.78, 5) is 18.3. The maximum atomic E-state index is 12.6. The lowest BCUT2D eigenvalue weighted by Crippen LogP contribution is -2.34. The lowest BCUT2D eigenvalue weighted by atomic mass is 10.0. The first-order valence-corrected chi connectivity index (χ1v) is 9.53. The van der Waals surface area contributed by atoms with Gasteiger partial charge in [0.2, 0.25) is 5.91 Å². The Morgan fingerprint density at radius 1 is 1.54 bits per heavy atom. The fourth-order valence-electron chi connectivity index (χ4n) is 3.48. The molecule has 0 spiro atoms. The second-order valence-electron chi connectivity index (χ2n) is 6.35. The first kappa shape index (κ1) is 15.8. The molecule has 0 aromatic carbocycles. The third-order valence-electron chi connectivity index (χ3n) is 4.70. The minimum absolute atomic E-state index is 0.0285. The van der Waals surface area contributed by atoms with Gasteiger partial charge in [-0.15, -0.1) is 11.3 Å². The average Bonchev–Trinajstić information content (AvgIpc) is 3.22. The van der Waals surface area contributed by atoms with Crippen molar-refractivity contribution in [1.82, 2.24) is 20.1 Å². The maximum Gasteiger partial charge on any atom is 0.223 e. The zero-order chi connectivity index (χ0) is 16.5. The number of rotatable bonds is 4. The van der Waals surface area contributed by atoms with Gasteiger partial charge < -0.3 is 10.1 Å². The van der Waals surface area contributed by atoms with E-state index in [9.17, 15) is 4.79 Å². The average molecular weight is 346 g/mol. The van der Waals surface area contributed by atoms with Crippen molar-refractivity contribution in [1.29, 1.82) is 0 Å². The zero-order valence-electron chi connectivity index (χ0n) is 13.8. The summed E-state index contributed by atoms with van der Waals surface area (Å²) in [5.41, 5.74) is 1.33. The van der Waals surface area contributed by atoms with Crippen LogP contribution in [0.4, 0.5) is 0 Å². The molecule has 4 heterocycles. The van der Waals surface area contributed by atoms with Gasteiger partial charge in [0.15, 0.2) is 5.82 Å². The number of ether oxygens (including phenoxy) is 1. The van der Waals surface area contributed by atoms with Gasteiger partial charge in [0, 0.05) is 17.8 Å². The zero-order valence-corrected chi connectivity index (χ0v) is 14.6. The lowest BCUT2D eigenvalue weighted by molar-refractivity contribution is -0.125. The summed E-state index contributed by atoms with van der Waals surface area (Å²) in [6.45, 7) is 3.63. The second-order valence-corrected chi connectivity index (χ2v) is 7.30. The molecule has 0 unspecified atom stereocenters. The molecule has 4 rings (SSSR count). The first-order valence-electron chi connectivity index (χ1n) is 8.65. The highest BCUT2D eigenvalue weighted by atomic mass is 32.1. The van der Waals surface area contributed by atoms with Crippen LogP contribution in [-0.4, -0.2) is 27.3 Å². The molecule has 2 aromatic heterocycles. The number of aryl methyl sites for hydroxylation is 2. The smallest absolute Gasteiger partial charge is 0.223 e. The number of aromatic nitrogens is 3. The summed E-state index contributed by atoms with van der Waals surface area (Å²) in [6.07, 6.45) is 3.96. The van der Waals surface area contributed by atoms with Gasteiger partial charge in [0.05, 0.1) is 19.1 Å². The molecular weight excluding hydrogens is 324 g/mol. The van der Waals surface area contributed by atoms with E-state index in [1.807, 2.05) is 11.6 Å². The van der Waals surface area contributed by atoms with Crippen LogP contribution in [0.3, 0.4) is 0 Å². The van der Waals surface area contributed by atoms with Crippen LogP contribution in [0.25, 0.3) is 0 Å². The molecule has 1 N–H and O–H groups in total. The van der Waals surface area contributed by atoms with Crippen molar-refractivity contribution in [2.45, 2.75) is 57.7 Å². The second kappa shape index (κ2) is 6.64. The van der Waals surface area contributed by atoms with Crippen LogP contribution in [0.2, 0.25) is 0 Å². The topological polar surface area (TPSA) is 69.0 Å². The van der Waals surface area contributed by atoms with Crippen LogP contribution in [0.1, 0.15) is 60.4 Å². The molecule has 0 saturated heterocycles. The summed E-state index contributed by atoms with van der Waals surface area (Å²) >= 11 is 1.68. The molecular formula is C17H22N4O2S. The number of hydrogen-bond donors (Lipinski definition) is 1. The van der Waals surface area contributed by atoms with Crippen molar-refractivity contribution in [3.8, 4) is 0 Å². The molecule has 7 heteroatoms. The minimum atomic E-state index is -0.110. The Labute approximate surface area is 145 Å². The third-order valence-corrected chi connectivity index (χ3v) is 5.76. The van der Waals surface area contributed by atoms with E-state index in [-0.39, 0.29) is 18.1 Å². The summed E-state index contributed by atoms with van der Waals surface area (Å²) in [5, 5.41) is 9.73. The van der Waals surface area contributed by atoms with Gasteiger partial charge in [-0.05, 0) is 36.3 Å². The van der Waals surface area contributed by atoms with E-state index in [2.05, 4.69) is 26.8 Å². The molecule has 2 aromatic rings. The van der Waals surface area contributed by atoms with E-state index in [4.69, 9.17) is 4.74 Å². The Bertz CT molecular complexity index is 739. The van der Waals surface area contributed by atoms with E-state index in [0.717, 1.165) is 43.9 Å². The van der Waals surface area contributed by atoms with Crippen LogP contribution in [-0.2, 0) is 28.9 Å². The Hall–Kier alpha value is -1.73. The van der Waals surface area contributed by atoms with E-state index in [0.29, 0.717) is 13.0 Å². The van der Waals surface area contributed by atoms with Crippen molar-refractivity contribution in [2.75, 3.05) is 6.61 Å². The largest absolute Gasteiger partial charge is 0.372 e. The van der Waals surface area contributed by atoms with Crippen molar-refractivity contribution in [3.05, 3.63) is 33.5 Å². The standard InChI is InChI=1S/C17H22N4O2S/c1-2-14-19-17-12(4-3-7-21(17)20-14)18-15(22)10-13-16-11(5-8-23-13)6-9-24-16/h6,9,12-13H,2-5,7-8,10H2,1H3,(H,18,22)/t12-,13-/m0/s1. The number of fused-ring (bicyclic) bond motifs is 2. The number of carbonyl (C=O) groups excluding carboxylic acids is 1. The molecule has 1 amide bonds. The van der Waals surface area contributed by atoms with Gasteiger partial charge in [-0.25, -0.2) is 9.67 Å². The van der Waals surface area contributed by atoms with Crippen molar-refractivity contribution >= 4 is 17.2 Å². The van der Waals surface area contributed by atoms with Gasteiger partial charge in [-0.1, -0.05) is 6.92 Å². The first-order chi connectivity index (χ1) is 11.7. The van der Waals surface area contributed by atoms with Gasteiger partial charge in [-0.3, -0.25) is 4.79 Å². The van der Waals surface area contributed by atoms with E-state index < -0.39 is 0 Å². The number of carbonyl (C=O) groups is 1. The SMILES string of the molecule is CCc1nc2n(n1)CCC[C@@H]2NC(=O)C[C@@H]1OCCc2ccsc21. The van der Waals surface area contributed by atoms with Crippen LogP contribution < -0.4 is 5.32 Å². The highest BCUT2D eigenvalue weighted by Gasteiger charge is 2.28. The third kappa shape index (κ3) is 2.98. The fraction of sp³-hybridized carbons (Fsp3) is 0.588. The van der Waals surface area contributed by atoms with Gasteiger partial charge >= 0.3 is 0 Å². The number of hydrogen-bond acceptors (Lipinski definition) is 5. The molecule has 0 radical (unpaired) electrons. The molecule has 0 bridgehead atoms. The van der Waals surface area contributed by atoms with E-state index in [1.165, 1.54) is 10.4 Å². The summed E-state index contributed by atoms with van der Waals surface area (Å²) in [6, 6.07) is 2.11. The molecule has 24 heavy (non-hydrogen) atoms. The quantitative estimate of drug-likeness (QED) is 0.924. The van der Waals surface area contributed by atoms with Gasteiger partial charge in [-0.2, -0.15) is 5.10 Å². The molecule has 2 atom stereocenters. The summed E-state index contributed by atoms with van der Waals surface area (Å²) in [5.74, 6) is 1.78. The van der Waals surface area contributed by atoms with Crippen molar-refractivity contribution in [3.63, 3.8) is 0 Å². The van der Waals surface area contributed by atoms with E-state index in [1.54, 1.807) is 11.3 Å². The molecule has 2 aliphatic rings. The monoisotopic (exact) mass is 346 g/mol. The molecule has 6 nitrogen and oxygen atoms in total. The number of nitrogens with one attached hydrogen (secondary N) is 1. The minimum Gasteiger partial charge on any atom is -0.372 e. The Kier molecular flexibility index (Phi) is 4.37. The molecule has 2 aliphatic heterocycles. The van der Waals surface area contributed by atoms with Gasteiger partial charge in [0.1, 0.15) is 11.9 Å². The highest BCUT2D eigenvalue weighted by molar-refractivity contribution is 7.10. The highest BCUT2D eigenvalue weighted by Crippen LogP contribution is 2.34. The predicted molar refractivity (Wildman–Crippen MR) is 90.9 cm³/mol. The molecule has 0 saturated carbocycles. The molecule has 0 aliphatic carbocycles. The molecule has 128 valence electrons. The summed E-state index contributed by atoms with van der Waals surface area (Å²) < 4.78 is 7.78. The predicted octanol–water partition coefficient (Wildman–Crippen LogP) is 2.56. The van der Waals surface area contributed by atoms with Crippen LogP contribution in [0.15, 0.2) is 11.4 Å². The Morgan fingerprint density at radius 2 is 2.46 bits per heavy atom. The molecule has 0 fully saturated rings. The lowest BCUT2D eigenvalue weighted by Gasteiger charge is -2.26. The number of thiophene rings is 1. The Morgan fingerprint density at radius 3 is 3.33 bits per heavy atom. The fourth-order valence-corrected chi connectivity index (χ4v) is 4.49. The summed E-state index contributed by atoms with van der Waals surface area (Å²) in [7, 11) is 0. The van der Waals surface area contributed by atoms with Crippen LogP contribution in [0.5, 0.6) is 0 Å². The van der Waals surface area contributed by atoms with Crippen molar-refractivity contribution in [2.24, 2.45) is 0 Å². The number of nitrogens with zero attached hydrogens (tertiary/aromatic N) is 3. The van der Waals surface area contributed by atoms with Crippen molar-refractivity contribution < 1.29 is 9.53 Å². The maximum absolute atomic E-state index is 12.6. The Balaban J connectivity index is 1.44. The van der Waals surface area contributed by atoms with Gasteiger partial charge in [0.25, 0.3) is 0 Å². The normalized spacial score (nSPS) is 22.7. The van der Waals surface area contributed by atoms with Crippen LogP contribution >= 0.6 is 11.3 Å². The van der Waals surface area contributed by atoms with E-state index >= 15 is 0 Å². The van der Waals surface area contributed by atoms with Crippen LogP contribution in [0, 0.1) is 0 Å².